The number of carbonyl (C=O) groups excluding carboxylic acids is 1. The molecule has 0 radical (unpaired) electrons. The first-order valence-corrected chi connectivity index (χ1v) is 22.9. The number of ketones is 1. The van der Waals surface area contributed by atoms with Gasteiger partial charge in [-0.05, 0) is 139 Å². The van der Waals surface area contributed by atoms with Gasteiger partial charge in [0.15, 0.2) is 5.78 Å². The third-order valence-corrected chi connectivity index (χ3v) is 15.2. The van der Waals surface area contributed by atoms with Crippen LogP contribution in [0.1, 0.15) is 219 Å². The lowest BCUT2D eigenvalue weighted by atomic mass is 9.41. The SMILES string of the molecule is CCCCCCCCCCOC1CCC(C2CC[C@]3(CC2)C(=O)[C@@]2(CCC(C4CCC(OCCCCCCCCCC)CC4)CC2)[C@H]3F)CC1. The first-order chi connectivity index (χ1) is 24.5. The van der Waals surface area contributed by atoms with Crippen LogP contribution in [-0.4, -0.2) is 37.4 Å². The minimum atomic E-state index is -0.884. The molecule has 0 unspecified atom stereocenters. The minimum Gasteiger partial charge on any atom is -0.378 e. The summed E-state index contributed by atoms with van der Waals surface area (Å²) in [6.45, 7) is 6.44. The summed E-state index contributed by atoms with van der Waals surface area (Å²) < 4.78 is 29.0. The first kappa shape index (κ1) is 40.7. The van der Waals surface area contributed by atoms with Crippen molar-refractivity contribution >= 4 is 5.78 Å². The molecule has 5 rings (SSSR count). The molecule has 0 bridgehead atoms. The van der Waals surface area contributed by atoms with Crippen LogP contribution in [-0.2, 0) is 14.3 Å². The number of Topliss-reactive ketones (excluding diaryl/α,β-unsaturated/α-hetero) is 1. The summed E-state index contributed by atoms with van der Waals surface area (Å²) in [5, 5.41) is 0. The highest BCUT2D eigenvalue weighted by molar-refractivity contribution is 5.98. The van der Waals surface area contributed by atoms with Crippen LogP contribution in [0.2, 0.25) is 0 Å². The van der Waals surface area contributed by atoms with Gasteiger partial charge in [0.25, 0.3) is 0 Å². The molecule has 2 spiro atoms. The topological polar surface area (TPSA) is 35.5 Å². The highest BCUT2D eigenvalue weighted by Crippen LogP contribution is 2.66. The van der Waals surface area contributed by atoms with Gasteiger partial charge in [0.2, 0.25) is 0 Å². The molecule has 0 saturated heterocycles. The maximum absolute atomic E-state index is 16.4. The van der Waals surface area contributed by atoms with Crippen LogP contribution in [0.3, 0.4) is 0 Å². The van der Waals surface area contributed by atoms with Crippen LogP contribution in [0.15, 0.2) is 0 Å². The second kappa shape index (κ2) is 21.4. The number of alkyl halides is 1. The van der Waals surface area contributed by atoms with Gasteiger partial charge in [-0.1, -0.05) is 104 Å². The van der Waals surface area contributed by atoms with Gasteiger partial charge in [-0.15, -0.1) is 0 Å². The molecule has 0 N–H and O–H groups in total. The van der Waals surface area contributed by atoms with Crippen molar-refractivity contribution in [2.45, 2.75) is 238 Å². The molecule has 0 aromatic rings. The summed E-state index contributed by atoms with van der Waals surface area (Å²) in [7, 11) is 0. The van der Waals surface area contributed by atoms with Gasteiger partial charge < -0.3 is 9.47 Å². The van der Waals surface area contributed by atoms with Gasteiger partial charge >= 0.3 is 0 Å². The van der Waals surface area contributed by atoms with E-state index in [1.54, 1.807) is 0 Å². The Morgan fingerprint density at radius 1 is 0.460 bits per heavy atom. The van der Waals surface area contributed by atoms with Crippen LogP contribution in [0.25, 0.3) is 0 Å². The summed E-state index contributed by atoms with van der Waals surface area (Å²) in [5.41, 5.74) is -1.24. The van der Waals surface area contributed by atoms with E-state index in [9.17, 15) is 4.79 Å². The summed E-state index contributed by atoms with van der Waals surface area (Å²) >= 11 is 0. The van der Waals surface area contributed by atoms with Crippen molar-refractivity contribution in [3.63, 3.8) is 0 Å². The van der Waals surface area contributed by atoms with E-state index < -0.39 is 17.0 Å². The van der Waals surface area contributed by atoms with E-state index >= 15 is 4.39 Å². The summed E-state index contributed by atoms with van der Waals surface area (Å²) in [5.74, 6) is 3.27. The van der Waals surface area contributed by atoms with Crippen LogP contribution >= 0.6 is 0 Å². The number of carbonyl (C=O) groups is 1. The average Bonchev–Trinajstić information content (AvgIpc) is 3.17. The number of rotatable bonds is 22. The molecule has 290 valence electrons. The maximum Gasteiger partial charge on any atom is 0.151 e. The predicted molar refractivity (Wildman–Crippen MR) is 207 cm³/mol. The van der Waals surface area contributed by atoms with Crippen LogP contribution in [0.5, 0.6) is 0 Å². The van der Waals surface area contributed by atoms with E-state index in [1.165, 1.54) is 154 Å². The van der Waals surface area contributed by atoms with Gasteiger partial charge in [-0.25, -0.2) is 4.39 Å². The second-order valence-corrected chi connectivity index (χ2v) is 18.4. The number of halogens is 1. The smallest absolute Gasteiger partial charge is 0.151 e. The van der Waals surface area contributed by atoms with E-state index in [1.807, 2.05) is 0 Å². The van der Waals surface area contributed by atoms with Crippen molar-refractivity contribution in [1.29, 1.82) is 0 Å². The molecule has 0 aromatic heterocycles. The van der Waals surface area contributed by atoms with Crippen molar-refractivity contribution in [2.24, 2.45) is 34.5 Å². The molecular weight excluding hydrogens is 620 g/mol. The molecule has 4 heteroatoms. The Kier molecular flexibility index (Phi) is 17.4. The molecule has 5 fully saturated rings. The van der Waals surface area contributed by atoms with Crippen LogP contribution in [0, 0.1) is 34.5 Å². The molecule has 0 aromatic carbocycles. The number of ether oxygens (including phenoxy) is 2. The Balaban J connectivity index is 0.911. The van der Waals surface area contributed by atoms with Crippen LogP contribution < -0.4 is 0 Å². The molecule has 5 aliphatic rings. The molecular formula is C46H81FO3. The molecule has 3 nitrogen and oxygen atoms in total. The van der Waals surface area contributed by atoms with E-state index in [-0.39, 0.29) is 0 Å². The molecule has 0 heterocycles. The Morgan fingerprint density at radius 2 is 0.760 bits per heavy atom. The third-order valence-electron chi connectivity index (χ3n) is 15.2. The lowest BCUT2D eigenvalue weighted by Gasteiger charge is -2.62. The van der Waals surface area contributed by atoms with Gasteiger partial charge in [-0.2, -0.15) is 0 Å². The molecule has 0 amide bonds. The van der Waals surface area contributed by atoms with E-state index in [2.05, 4.69) is 13.8 Å². The molecule has 5 aliphatic carbocycles. The lowest BCUT2D eigenvalue weighted by Crippen LogP contribution is -2.69. The Bertz CT molecular complexity index is 846. The number of hydrogen-bond acceptors (Lipinski definition) is 3. The lowest BCUT2D eigenvalue weighted by molar-refractivity contribution is -0.195. The number of unbranched alkanes of at least 4 members (excludes halogenated alkanes) is 14. The van der Waals surface area contributed by atoms with Gasteiger partial charge in [0.1, 0.15) is 6.17 Å². The van der Waals surface area contributed by atoms with Crippen molar-refractivity contribution in [3.05, 3.63) is 0 Å². The van der Waals surface area contributed by atoms with Crippen molar-refractivity contribution in [2.75, 3.05) is 13.2 Å². The highest BCUT2D eigenvalue weighted by atomic mass is 19.1. The zero-order valence-electron chi connectivity index (χ0n) is 33.2. The Morgan fingerprint density at radius 3 is 1.08 bits per heavy atom. The summed E-state index contributed by atoms with van der Waals surface area (Å²) in [4.78, 5) is 14.0. The van der Waals surface area contributed by atoms with Gasteiger partial charge in [0, 0.05) is 13.2 Å². The van der Waals surface area contributed by atoms with Crippen molar-refractivity contribution in [3.8, 4) is 0 Å². The predicted octanol–water partition coefficient (Wildman–Crippen LogP) is 13.7. The largest absolute Gasteiger partial charge is 0.378 e. The zero-order chi connectivity index (χ0) is 35.1. The quantitative estimate of drug-likeness (QED) is 0.105. The fraction of sp³-hybridized carbons (Fsp3) is 0.978. The standard InChI is InChI=1S/C46H81FO3/c1-3-5-7-9-11-13-15-17-35-49-41-23-19-37(20-24-41)39-27-31-45(32-28-39)43(47)46(44(45)48)33-29-40(30-34-46)38-21-25-42(26-22-38)50-36-18-16-14-12-10-8-6-4-2/h37-43H,3-36H2,1-2H3/t37?,38?,39?,40?,41?,42?,43?,45-,46-. The number of hydrogen-bond donors (Lipinski definition) is 0. The summed E-state index contributed by atoms with van der Waals surface area (Å²) in [6.07, 6.45) is 39.1. The van der Waals surface area contributed by atoms with Crippen molar-refractivity contribution < 1.29 is 18.7 Å². The van der Waals surface area contributed by atoms with Crippen molar-refractivity contribution in [1.82, 2.24) is 0 Å². The molecule has 0 atom stereocenters. The third kappa shape index (κ3) is 10.8. The van der Waals surface area contributed by atoms with Gasteiger partial charge in [0.05, 0.1) is 23.0 Å². The normalized spacial score (nSPS) is 36.2. The monoisotopic (exact) mass is 701 g/mol. The van der Waals surface area contributed by atoms with E-state index in [0.29, 0.717) is 29.8 Å². The summed E-state index contributed by atoms with van der Waals surface area (Å²) in [6, 6.07) is 0. The Hall–Kier alpha value is -0.480. The second-order valence-electron chi connectivity index (χ2n) is 18.4. The molecule has 0 aliphatic heterocycles. The fourth-order valence-electron chi connectivity index (χ4n) is 11.8. The maximum atomic E-state index is 16.4. The Labute approximate surface area is 309 Å². The highest BCUT2D eigenvalue weighted by Gasteiger charge is 2.71. The molecule has 5 saturated carbocycles. The minimum absolute atomic E-state index is 0.352. The zero-order valence-corrected chi connectivity index (χ0v) is 33.2. The van der Waals surface area contributed by atoms with E-state index in [0.717, 1.165) is 76.4 Å². The van der Waals surface area contributed by atoms with Gasteiger partial charge in [-0.3, -0.25) is 4.79 Å². The van der Waals surface area contributed by atoms with E-state index in [4.69, 9.17) is 9.47 Å². The van der Waals surface area contributed by atoms with Crippen LogP contribution in [0.4, 0.5) is 4.39 Å². The average molecular weight is 701 g/mol. The first-order valence-electron chi connectivity index (χ1n) is 22.9. The fourth-order valence-corrected chi connectivity index (χ4v) is 11.8. The molecule has 50 heavy (non-hydrogen) atoms.